The number of aryl methyl sites for hydroxylation is 1. The zero-order valence-corrected chi connectivity index (χ0v) is 12.9. The summed E-state index contributed by atoms with van der Waals surface area (Å²) in [6.07, 6.45) is 0.650. The van der Waals surface area contributed by atoms with Crippen molar-refractivity contribution in [1.82, 2.24) is 4.90 Å². The highest BCUT2D eigenvalue weighted by Crippen LogP contribution is 2.17. The molecule has 1 atom stereocenters. The van der Waals surface area contributed by atoms with Crippen molar-refractivity contribution in [2.24, 2.45) is 5.73 Å². The van der Waals surface area contributed by atoms with Gasteiger partial charge in [-0.25, -0.2) is 0 Å². The molecule has 0 bridgehead atoms. The van der Waals surface area contributed by atoms with Gasteiger partial charge in [-0.15, -0.1) is 0 Å². The number of anilines is 1. The molecule has 0 aromatic heterocycles. The molecule has 2 N–H and O–H groups in total. The number of piperazine rings is 1. The van der Waals surface area contributed by atoms with Crippen LogP contribution in [0.3, 0.4) is 0 Å². The van der Waals surface area contributed by atoms with Crippen LogP contribution in [-0.2, 0) is 9.53 Å². The maximum Gasteiger partial charge on any atom is 0.322 e. The van der Waals surface area contributed by atoms with Gasteiger partial charge >= 0.3 is 5.97 Å². The van der Waals surface area contributed by atoms with Crippen LogP contribution in [0, 0.1) is 6.92 Å². The number of nitrogens with zero attached hydrogens (tertiary/aromatic N) is 2. The Bertz CT molecular complexity index is 470. The second-order valence-corrected chi connectivity index (χ2v) is 5.59. The molecule has 2 rings (SSSR count). The van der Waals surface area contributed by atoms with Gasteiger partial charge in [0.05, 0.1) is 7.11 Å². The van der Waals surface area contributed by atoms with Gasteiger partial charge in [-0.2, -0.15) is 0 Å². The first-order valence-electron chi connectivity index (χ1n) is 7.47. The van der Waals surface area contributed by atoms with Gasteiger partial charge in [-0.1, -0.05) is 12.1 Å². The summed E-state index contributed by atoms with van der Waals surface area (Å²) in [6, 6.07) is 8.10. The van der Waals surface area contributed by atoms with Crippen LogP contribution < -0.4 is 10.6 Å². The number of hydrogen-bond acceptors (Lipinski definition) is 5. The van der Waals surface area contributed by atoms with Crippen LogP contribution in [-0.4, -0.2) is 56.7 Å². The third kappa shape index (κ3) is 4.44. The Morgan fingerprint density at radius 1 is 1.33 bits per heavy atom. The molecule has 1 aromatic carbocycles. The van der Waals surface area contributed by atoms with E-state index in [1.807, 2.05) is 0 Å². The van der Waals surface area contributed by atoms with Crippen LogP contribution in [0.15, 0.2) is 24.3 Å². The topological polar surface area (TPSA) is 58.8 Å². The van der Waals surface area contributed by atoms with Crippen molar-refractivity contribution in [3.05, 3.63) is 29.8 Å². The largest absolute Gasteiger partial charge is 0.468 e. The van der Waals surface area contributed by atoms with E-state index in [4.69, 9.17) is 5.73 Å². The SMILES string of the molecule is COC(=O)C(N)CCN1CCN(c2cccc(C)c2)CC1. The summed E-state index contributed by atoms with van der Waals surface area (Å²) >= 11 is 0. The van der Waals surface area contributed by atoms with Crippen molar-refractivity contribution in [1.29, 1.82) is 0 Å². The molecule has 0 saturated carbocycles. The summed E-state index contributed by atoms with van der Waals surface area (Å²) < 4.78 is 4.65. The molecule has 0 aliphatic carbocycles. The summed E-state index contributed by atoms with van der Waals surface area (Å²) in [5.41, 5.74) is 8.35. The van der Waals surface area contributed by atoms with Crippen molar-refractivity contribution in [3.8, 4) is 0 Å². The predicted molar refractivity (Wildman–Crippen MR) is 84.4 cm³/mol. The van der Waals surface area contributed by atoms with E-state index in [2.05, 4.69) is 45.7 Å². The van der Waals surface area contributed by atoms with Gasteiger partial charge in [0, 0.05) is 38.4 Å². The monoisotopic (exact) mass is 291 g/mol. The van der Waals surface area contributed by atoms with Crippen molar-refractivity contribution in [3.63, 3.8) is 0 Å². The fourth-order valence-corrected chi connectivity index (χ4v) is 2.65. The van der Waals surface area contributed by atoms with E-state index in [1.54, 1.807) is 0 Å². The lowest BCUT2D eigenvalue weighted by atomic mass is 10.1. The average Bonchev–Trinajstić information content (AvgIpc) is 2.52. The summed E-state index contributed by atoms with van der Waals surface area (Å²) in [6.45, 7) is 6.99. The standard InChI is InChI=1S/C16H25N3O2/c1-13-4-3-5-14(12-13)19-10-8-18(9-11-19)7-6-15(17)16(20)21-2/h3-5,12,15H,6-11,17H2,1-2H3. The van der Waals surface area contributed by atoms with E-state index in [0.29, 0.717) is 6.42 Å². The molecule has 0 radical (unpaired) electrons. The Morgan fingerprint density at radius 3 is 2.67 bits per heavy atom. The van der Waals surface area contributed by atoms with Crippen LogP contribution in [0.25, 0.3) is 0 Å². The molecule has 1 saturated heterocycles. The fraction of sp³-hybridized carbons (Fsp3) is 0.562. The van der Waals surface area contributed by atoms with Gasteiger partial charge in [0.1, 0.15) is 6.04 Å². The summed E-state index contributed by atoms with van der Waals surface area (Å²) in [5.74, 6) is -0.326. The lowest BCUT2D eigenvalue weighted by Crippen LogP contribution is -2.48. The minimum atomic E-state index is -0.509. The van der Waals surface area contributed by atoms with E-state index >= 15 is 0 Å². The third-order valence-corrected chi connectivity index (χ3v) is 4.00. The summed E-state index contributed by atoms with van der Waals surface area (Å²) in [7, 11) is 1.38. The van der Waals surface area contributed by atoms with Crippen LogP contribution in [0.2, 0.25) is 0 Å². The fourth-order valence-electron chi connectivity index (χ4n) is 2.65. The van der Waals surface area contributed by atoms with Crippen molar-refractivity contribution in [2.45, 2.75) is 19.4 Å². The molecule has 1 heterocycles. The summed E-state index contributed by atoms with van der Waals surface area (Å²) in [4.78, 5) is 16.0. The average molecular weight is 291 g/mol. The Balaban J connectivity index is 1.77. The maximum atomic E-state index is 11.3. The Hall–Kier alpha value is -1.59. The first kappa shape index (κ1) is 15.8. The zero-order valence-electron chi connectivity index (χ0n) is 12.9. The van der Waals surface area contributed by atoms with Crippen molar-refractivity contribution in [2.75, 3.05) is 44.7 Å². The molecule has 0 spiro atoms. The first-order valence-corrected chi connectivity index (χ1v) is 7.47. The first-order chi connectivity index (χ1) is 10.1. The molecule has 5 nitrogen and oxygen atoms in total. The van der Waals surface area contributed by atoms with Gasteiger partial charge in [-0.3, -0.25) is 9.69 Å². The number of methoxy groups -OCH3 is 1. The number of benzene rings is 1. The number of esters is 1. The number of nitrogens with two attached hydrogens (primary N) is 1. The molecular formula is C16H25N3O2. The normalized spacial score (nSPS) is 17.6. The molecule has 1 aliphatic rings. The summed E-state index contributed by atoms with van der Waals surface area (Å²) in [5, 5.41) is 0. The zero-order chi connectivity index (χ0) is 15.2. The van der Waals surface area contributed by atoms with Gasteiger partial charge in [0.25, 0.3) is 0 Å². The smallest absolute Gasteiger partial charge is 0.322 e. The second-order valence-electron chi connectivity index (χ2n) is 5.59. The maximum absolute atomic E-state index is 11.3. The van der Waals surface area contributed by atoms with Gasteiger partial charge < -0.3 is 15.4 Å². The molecule has 1 fully saturated rings. The molecule has 5 heteroatoms. The third-order valence-electron chi connectivity index (χ3n) is 4.00. The van der Waals surface area contributed by atoms with Crippen molar-refractivity contribution >= 4 is 11.7 Å². The number of hydrogen-bond donors (Lipinski definition) is 1. The predicted octanol–water partition coefficient (Wildman–Crippen LogP) is 1.01. The lowest BCUT2D eigenvalue weighted by Gasteiger charge is -2.36. The minimum absolute atomic E-state index is 0.326. The van der Waals surface area contributed by atoms with Gasteiger partial charge in [0.2, 0.25) is 0 Å². The number of rotatable bonds is 5. The Morgan fingerprint density at radius 2 is 2.05 bits per heavy atom. The van der Waals surface area contributed by atoms with E-state index in [9.17, 15) is 4.79 Å². The highest BCUT2D eigenvalue weighted by molar-refractivity contribution is 5.75. The highest BCUT2D eigenvalue weighted by atomic mass is 16.5. The van der Waals surface area contributed by atoms with E-state index < -0.39 is 6.04 Å². The minimum Gasteiger partial charge on any atom is -0.468 e. The van der Waals surface area contributed by atoms with Crippen LogP contribution in [0.5, 0.6) is 0 Å². The molecule has 21 heavy (non-hydrogen) atoms. The van der Waals surface area contributed by atoms with Gasteiger partial charge in [-0.05, 0) is 31.0 Å². The van der Waals surface area contributed by atoms with Gasteiger partial charge in [0.15, 0.2) is 0 Å². The second kappa shape index (κ2) is 7.43. The highest BCUT2D eigenvalue weighted by Gasteiger charge is 2.19. The molecular weight excluding hydrogens is 266 g/mol. The Kier molecular flexibility index (Phi) is 5.59. The van der Waals surface area contributed by atoms with Crippen LogP contribution >= 0.6 is 0 Å². The van der Waals surface area contributed by atoms with Crippen molar-refractivity contribution < 1.29 is 9.53 Å². The number of carbonyl (C=O) groups is 1. The molecule has 116 valence electrons. The van der Waals surface area contributed by atoms with E-state index in [0.717, 1.165) is 32.7 Å². The quantitative estimate of drug-likeness (QED) is 0.821. The van der Waals surface area contributed by atoms with E-state index in [1.165, 1.54) is 18.4 Å². The van der Waals surface area contributed by atoms with E-state index in [-0.39, 0.29) is 5.97 Å². The number of ether oxygens (including phenoxy) is 1. The molecule has 0 amide bonds. The van der Waals surface area contributed by atoms with Crippen LogP contribution in [0.1, 0.15) is 12.0 Å². The molecule has 1 unspecified atom stereocenters. The Labute approximate surface area is 126 Å². The number of carbonyl (C=O) groups excluding carboxylic acids is 1. The molecule has 1 aliphatic heterocycles. The van der Waals surface area contributed by atoms with Crippen LogP contribution in [0.4, 0.5) is 5.69 Å². The lowest BCUT2D eigenvalue weighted by molar-refractivity contribution is -0.142. The molecule has 1 aromatic rings.